The first-order valence-corrected chi connectivity index (χ1v) is 5.69. The molecule has 0 aliphatic heterocycles. The summed E-state index contributed by atoms with van der Waals surface area (Å²) in [6, 6.07) is 3.25. The van der Waals surface area contributed by atoms with E-state index in [9.17, 15) is 8.68 Å². The molecule has 0 N–H and O–H groups in total. The number of rotatable bonds is 2. The molecule has 16 heavy (non-hydrogen) atoms. The number of fused-ring (bicyclic) bond motifs is 1. The Bertz CT molecular complexity index is 558. The van der Waals surface area contributed by atoms with Gasteiger partial charge in [-0.1, -0.05) is 0 Å². The van der Waals surface area contributed by atoms with E-state index in [0.717, 1.165) is 0 Å². The normalized spacial score (nSPS) is 10.7. The van der Waals surface area contributed by atoms with Crippen molar-refractivity contribution < 1.29 is 13.4 Å². The van der Waals surface area contributed by atoms with Crippen molar-refractivity contribution in [3.63, 3.8) is 0 Å². The lowest BCUT2D eigenvalue weighted by Gasteiger charge is -2.02. The minimum atomic E-state index is -0.533. The van der Waals surface area contributed by atoms with Crippen LogP contribution in [-0.2, 0) is 4.74 Å². The highest BCUT2D eigenvalue weighted by molar-refractivity contribution is 9.10. The van der Waals surface area contributed by atoms with Crippen LogP contribution in [0.1, 0.15) is 10.5 Å². The molecular weight excluding hydrogens is 299 g/mol. The molecule has 0 bridgehead atoms. The van der Waals surface area contributed by atoms with Gasteiger partial charge in [0.2, 0.25) is 0 Å². The Balaban J connectivity index is 2.64. The number of halogens is 2. The first kappa shape index (κ1) is 11.4. The van der Waals surface area contributed by atoms with E-state index >= 15 is 0 Å². The first-order valence-electron chi connectivity index (χ1n) is 4.22. The molecule has 2 aromatic heterocycles. The Hall–Kier alpha value is -1.08. The third-order valence-corrected chi connectivity index (χ3v) is 3.11. The number of hydrogen-bond acceptors (Lipinski definition) is 4. The summed E-state index contributed by atoms with van der Waals surface area (Å²) in [6.45, 7) is 0. The zero-order valence-electron chi connectivity index (χ0n) is 8.11. The summed E-state index contributed by atoms with van der Waals surface area (Å²) in [4.78, 5) is 15.4. The van der Waals surface area contributed by atoms with Gasteiger partial charge in [0.05, 0.1) is 22.6 Å². The molecule has 0 atom stereocenters. The molecule has 0 saturated carbocycles. The van der Waals surface area contributed by atoms with E-state index in [0.29, 0.717) is 15.5 Å². The van der Waals surface area contributed by atoms with Crippen molar-refractivity contribution in [2.24, 2.45) is 0 Å². The van der Waals surface area contributed by atoms with Crippen LogP contribution in [0, 0.1) is 0 Å². The zero-order valence-corrected chi connectivity index (χ0v) is 10.5. The maximum atomic E-state index is 12.5. The van der Waals surface area contributed by atoms with Crippen molar-refractivity contribution in [1.29, 1.82) is 0 Å². The molecule has 2 heterocycles. The number of carbonyl (C=O) groups excluding carboxylic acids is 1. The summed E-state index contributed by atoms with van der Waals surface area (Å²) < 4.78 is 18.9. The highest BCUT2D eigenvalue weighted by Crippen LogP contribution is 2.25. The molecule has 7 heteroatoms. The van der Waals surface area contributed by atoms with Crippen LogP contribution in [0.25, 0.3) is 11.0 Å². The number of carbonyl (C=O) groups is 1. The fourth-order valence-electron chi connectivity index (χ4n) is 1.31. The van der Waals surface area contributed by atoms with Gasteiger partial charge in [0.15, 0.2) is 18.0 Å². The third-order valence-electron chi connectivity index (χ3n) is 2.04. The second-order valence-electron chi connectivity index (χ2n) is 2.93. The highest BCUT2D eigenvalue weighted by atomic mass is 79.9. The molecule has 84 valence electrons. The lowest BCUT2D eigenvalue weighted by atomic mass is 10.3. The van der Waals surface area contributed by atoms with Crippen molar-refractivity contribution in [2.45, 2.75) is 0 Å². The van der Waals surface area contributed by atoms with Crippen LogP contribution in [0.5, 0.6) is 0 Å². The largest absolute Gasteiger partial charge is 0.464 e. The van der Waals surface area contributed by atoms with E-state index in [1.165, 1.54) is 17.3 Å². The number of methoxy groups -OCH3 is 1. The van der Waals surface area contributed by atoms with Crippen LogP contribution in [-0.4, -0.2) is 22.0 Å². The molecule has 4 nitrogen and oxygen atoms in total. The summed E-state index contributed by atoms with van der Waals surface area (Å²) in [5.41, 5.74) is 1.30. The van der Waals surface area contributed by atoms with Gasteiger partial charge in [-0.2, -0.15) is 0 Å². The van der Waals surface area contributed by atoms with E-state index in [4.69, 9.17) is 0 Å². The van der Waals surface area contributed by atoms with Crippen LogP contribution in [0.2, 0.25) is 0 Å². The molecular formula is C9H6BrFN2O2S. The SMILES string of the molecule is COC(=O)c1nc2ccn(SF)c2cc1Br. The molecule has 0 spiro atoms. The van der Waals surface area contributed by atoms with Gasteiger partial charge >= 0.3 is 5.97 Å². The van der Waals surface area contributed by atoms with Crippen LogP contribution in [0.4, 0.5) is 3.89 Å². The average molecular weight is 305 g/mol. The molecule has 2 rings (SSSR count). The van der Waals surface area contributed by atoms with Crippen molar-refractivity contribution in [3.05, 3.63) is 28.5 Å². The van der Waals surface area contributed by atoms with Gasteiger partial charge in [-0.25, -0.2) is 9.78 Å². The first-order chi connectivity index (χ1) is 7.67. The van der Waals surface area contributed by atoms with Crippen LogP contribution >= 0.6 is 28.3 Å². The number of esters is 1. The van der Waals surface area contributed by atoms with Crippen molar-refractivity contribution in [3.8, 4) is 0 Å². The van der Waals surface area contributed by atoms with Gasteiger partial charge in [-0.15, -0.1) is 3.89 Å². The second kappa shape index (κ2) is 4.42. The summed E-state index contributed by atoms with van der Waals surface area (Å²) in [5.74, 6) is -0.533. The summed E-state index contributed by atoms with van der Waals surface area (Å²) >= 11 is 3.27. The molecule has 0 aliphatic rings. The number of ether oxygens (including phenoxy) is 1. The minimum absolute atomic E-state index is 0.0733. The Morgan fingerprint density at radius 1 is 1.69 bits per heavy atom. The third kappa shape index (κ3) is 1.80. The smallest absolute Gasteiger partial charge is 0.357 e. The molecule has 0 aliphatic carbocycles. The number of hydrogen-bond donors (Lipinski definition) is 0. The number of aromatic nitrogens is 2. The number of nitrogens with zero attached hydrogens (tertiary/aromatic N) is 2. The van der Waals surface area contributed by atoms with E-state index in [1.54, 1.807) is 12.1 Å². The minimum Gasteiger partial charge on any atom is -0.464 e. The molecule has 0 saturated heterocycles. The molecule has 0 unspecified atom stereocenters. The molecule has 0 amide bonds. The fourth-order valence-corrected chi connectivity index (χ4v) is 2.11. The zero-order chi connectivity index (χ0) is 11.7. The van der Waals surface area contributed by atoms with Crippen molar-refractivity contribution >= 4 is 45.3 Å². The van der Waals surface area contributed by atoms with E-state index in [-0.39, 0.29) is 18.0 Å². The monoisotopic (exact) mass is 304 g/mol. The maximum Gasteiger partial charge on any atom is 0.357 e. The predicted molar refractivity (Wildman–Crippen MR) is 62.9 cm³/mol. The van der Waals surface area contributed by atoms with E-state index in [1.807, 2.05) is 0 Å². The summed E-state index contributed by atoms with van der Waals surface area (Å²) in [6.07, 6.45) is 1.54. The Morgan fingerprint density at radius 3 is 3.06 bits per heavy atom. The molecule has 0 aromatic carbocycles. The van der Waals surface area contributed by atoms with Gasteiger partial charge in [-0.05, 0) is 28.1 Å². The van der Waals surface area contributed by atoms with Crippen LogP contribution in [0.3, 0.4) is 0 Å². The maximum absolute atomic E-state index is 12.5. The predicted octanol–water partition coefficient (Wildman–Crippen LogP) is 2.97. The summed E-state index contributed by atoms with van der Waals surface area (Å²) in [5, 5.41) is 0. The van der Waals surface area contributed by atoms with Crippen LogP contribution < -0.4 is 0 Å². The fraction of sp³-hybridized carbons (Fsp3) is 0.111. The second-order valence-corrected chi connectivity index (χ2v) is 4.31. The van der Waals surface area contributed by atoms with Crippen LogP contribution in [0.15, 0.2) is 22.8 Å². The Kier molecular flexibility index (Phi) is 3.15. The van der Waals surface area contributed by atoms with Crippen molar-refractivity contribution in [2.75, 3.05) is 7.11 Å². The van der Waals surface area contributed by atoms with Gasteiger partial charge in [0.25, 0.3) is 0 Å². The standard InChI is InChI=1S/C9H6BrFN2O2S/c1-15-9(14)8-5(10)4-7-6(12-8)2-3-13(7)16-11/h2-4H,1H3. The molecule has 2 aromatic rings. The van der Waals surface area contributed by atoms with Gasteiger partial charge in [0, 0.05) is 6.20 Å². The molecule has 0 fully saturated rings. The number of pyridine rings is 1. The van der Waals surface area contributed by atoms with Crippen molar-refractivity contribution in [1.82, 2.24) is 8.96 Å². The molecule has 0 radical (unpaired) electrons. The lowest BCUT2D eigenvalue weighted by molar-refractivity contribution is 0.0593. The highest BCUT2D eigenvalue weighted by Gasteiger charge is 2.15. The quantitative estimate of drug-likeness (QED) is 0.800. The van der Waals surface area contributed by atoms with Gasteiger partial charge in [0.1, 0.15) is 0 Å². The van der Waals surface area contributed by atoms with E-state index in [2.05, 4.69) is 25.7 Å². The Labute approximate surface area is 103 Å². The lowest BCUT2D eigenvalue weighted by Crippen LogP contribution is -2.05. The Morgan fingerprint density at radius 2 is 2.44 bits per heavy atom. The topological polar surface area (TPSA) is 44.1 Å². The van der Waals surface area contributed by atoms with Gasteiger partial charge < -0.3 is 4.74 Å². The van der Waals surface area contributed by atoms with Gasteiger partial charge in [-0.3, -0.25) is 3.97 Å². The average Bonchev–Trinajstić information content (AvgIpc) is 2.69. The van der Waals surface area contributed by atoms with E-state index < -0.39 is 5.97 Å². The summed E-state index contributed by atoms with van der Waals surface area (Å²) in [7, 11) is 1.28.